The maximum atomic E-state index is 14.1. The van der Waals surface area contributed by atoms with Gasteiger partial charge >= 0.3 is 0 Å². The van der Waals surface area contributed by atoms with E-state index in [1.807, 2.05) is 64.1 Å². The number of carbonyl (C=O) groups is 2. The second-order valence-corrected chi connectivity index (χ2v) is 22.5. The van der Waals surface area contributed by atoms with E-state index in [9.17, 15) is 30.8 Å². The summed E-state index contributed by atoms with van der Waals surface area (Å²) < 4.78 is 80.8. The lowest BCUT2D eigenvalue weighted by Gasteiger charge is -2.27. The van der Waals surface area contributed by atoms with Crippen molar-refractivity contribution in [3.63, 3.8) is 0 Å². The number of aromatic nitrogens is 6. The Hall–Kier alpha value is -6.29. The number of imidazole rings is 2. The standard InChI is InChI=1S/C27H28FN5O4S.C21H25N5O4S/c1-16-26(17(2)37-30-16)18-7-8-23-22(13-18)29-27(33(23)21-11-12-31(15-21)38(3,35)36)24-9-10-25(34)32(24)20-6-4-5-19(28)14-20;1-12-20(13(2)30-24-12)14-4-6-18-17(10-14)23-21(16-5-7-19(27)22-16)26(18)15-8-9-25(11-15)31(3,28)29/h4-8,13-14,21,24H,9-12,15H2,1-3H3;4,6,10,15-16H,5,7-9,11H2,1-3H3,(H,22,27)/t21-,24+;15-,16+/m11/s1. The lowest BCUT2D eigenvalue weighted by molar-refractivity contribution is -0.119. The highest BCUT2D eigenvalue weighted by atomic mass is 32.2. The molecule has 0 bridgehead atoms. The Labute approximate surface area is 398 Å². The van der Waals surface area contributed by atoms with Crippen LogP contribution in [0, 0.1) is 33.5 Å². The van der Waals surface area contributed by atoms with E-state index in [2.05, 4.69) is 24.8 Å². The number of aryl methyl sites for hydroxylation is 4. The number of anilines is 1. The minimum atomic E-state index is -3.35. The first-order chi connectivity index (χ1) is 32.8. The number of hydrogen-bond donors (Lipinski definition) is 1. The van der Waals surface area contributed by atoms with Crippen LogP contribution in [0.5, 0.6) is 0 Å². The number of nitrogens with zero attached hydrogens (tertiary/aromatic N) is 9. The van der Waals surface area contributed by atoms with Crippen molar-refractivity contribution in [1.29, 1.82) is 0 Å². The first kappa shape index (κ1) is 46.4. The molecule has 0 saturated carbocycles. The number of nitrogens with one attached hydrogen (secondary N) is 1. The van der Waals surface area contributed by atoms with Gasteiger partial charge in [-0.2, -0.15) is 0 Å². The van der Waals surface area contributed by atoms with E-state index in [1.54, 1.807) is 17.0 Å². The van der Waals surface area contributed by atoms with Gasteiger partial charge in [0.05, 0.1) is 70.1 Å². The maximum absolute atomic E-state index is 14.1. The molecule has 4 fully saturated rings. The van der Waals surface area contributed by atoms with Crippen LogP contribution in [0.3, 0.4) is 0 Å². The highest BCUT2D eigenvalue weighted by molar-refractivity contribution is 7.88. The number of carbonyl (C=O) groups excluding carboxylic acids is 2. The predicted molar refractivity (Wildman–Crippen MR) is 256 cm³/mol. The average Bonchev–Trinajstić information content (AvgIpc) is 4.15. The first-order valence-electron chi connectivity index (χ1n) is 23.0. The molecule has 362 valence electrons. The van der Waals surface area contributed by atoms with Crippen molar-refractivity contribution in [3.05, 3.63) is 101 Å². The summed E-state index contributed by atoms with van der Waals surface area (Å²) in [6.07, 6.45) is 5.79. The topological polar surface area (TPSA) is 212 Å². The molecule has 4 aromatic heterocycles. The second-order valence-electron chi connectivity index (χ2n) is 18.6. The van der Waals surface area contributed by atoms with E-state index >= 15 is 0 Å². The summed E-state index contributed by atoms with van der Waals surface area (Å²) in [6.45, 7) is 9.17. The summed E-state index contributed by atoms with van der Waals surface area (Å²) in [5.74, 6) is 2.42. The Morgan fingerprint density at radius 1 is 0.667 bits per heavy atom. The molecule has 4 aliphatic rings. The van der Waals surface area contributed by atoms with Gasteiger partial charge < -0.3 is 28.4 Å². The lowest BCUT2D eigenvalue weighted by atomic mass is 10.0. The number of benzene rings is 3. The van der Waals surface area contributed by atoms with Gasteiger partial charge in [0.15, 0.2) is 0 Å². The average molecular weight is 981 g/mol. The smallest absolute Gasteiger partial charge is 0.227 e. The molecular weight excluding hydrogens is 928 g/mol. The second kappa shape index (κ2) is 17.6. The fourth-order valence-electron chi connectivity index (χ4n) is 10.7. The van der Waals surface area contributed by atoms with Gasteiger partial charge in [-0.15, -0.1) is 0 Å². The van der Waals surface area contributed by atoms with Gasteiger partial charge in [0.25, 0.3) is 0 Å². The molecule has 21 heteroatoms. The summed E-state index contributed by atoms with van der Waals surface area (Å²) in [5, 5.41) is 11.1. The number of amides is 2. The fourth-order valence-corrected chi connectivity index (χ4v) is 12.5. The van der Waals surface area contributed by atoms with Crippen molar-refractivity contribution in [3.8, 4) is 22.3 Å². The number of rotatable bonds is 9. The van der Waals surface area contributed by atoms with Crippen LogP contribution in [0.15, 0.2) is 69.7 Å². The van der Waals surface area contributed by atoms with Crippen LogP contribution >= 0.6 is 0 Å². The molecule has 0 unspecified atom stereocenters. The monoisotopic (exact) mass is 980 g/mol. The zero-order valence-corrected chi connectivity index (χ0v) is 40.8. The number of fused-ring (bicyclic) bond motifs is 2. The Morgan fingerprint density at radius 2 is 1.20 bits per heavy atom. The summed E-state index contributed by atoms with van der Waals surface area (Å²) >= 11 is 0. The fraction of sp³-hybridized carbons (Fsp3) is 0.417. The van der Waals surface area contributed by atoms with Crippen molar-refractivity contribution < 1.29 is 39.9 Å². The Kier molecular flexibility index (Phi) is 11.8. The molecule has 69 heavy (non-hydrogen) atoms. The van der Waals surface area contributed by atoms with Gasteiger partial charge in [-0.3, -0.25) is 9.59 Å². The SMILES string of the molecule is Cc1noc(C)c1-c1ccc2c(c1)nc([C@@H]1CCC(=O)N1)n2[C@@H]1CCN(S(C)(=O)=O)C1.Cc1noc(C)c1-c1ccc2c(c1)nc([C@@H]1CCC(=O)N1c1cccc(F)c1)n2[C@@H]1CCN(S(C)(=O)=O)C1. The molecule has 1 N–H and O–H groups in total. The van der Waals surface area contributed by atoms with E-state index < -0.39 is 31.9 Å². The van der Waals surface area contributed by atoms with Crippen molar-refractivity contribution >= 4 is 59.6 Å². The Bertz CT molecular complexity index is 3380. The van der Waals surface area contributed by atoms with Gasteiger partial charge in [-0.05, 0) is 107 Å². The summed E-state index contributed by atoms with van der Waals surface area (Å²) in [4.78, 5) is 36.5. The third-order valence-electron chi connectivity index (χ3n) is 13.9. The van der Waals surface area contributed by atoms with E-state index in [4.69, 9.17) is 19.0 Å². The summed E-state index contributed by atoms with van der Waals surface area (Å²) in [7, 11) is -6.60. The maximum Gasteiger partial charge on any atom is 0.227 e. The van der Waals surface area contributed by atoms with Crippen LogP contribution in [0.1, 0.15) is 97.2 Å². The van der Waals surface area contributed by atoms with E-state index in [1.165, 1.54) is 33.3 Å². The lowest BCUT2D eigenvalue weighted by Crippen LogP contribution is -2.31. The normalized spacial score (nSPS) is 21.5. The number of halogens is 1. The van der Waals surface area contributed by atoms with Crippen molar-refractivity contribution in [2.45, 2.75) is 90.4 Å². The summed E-state index contributed by atoms with van der Waals surface area (Å²) in [5.41, 5.74) is 9.16. The first-order valence-corrected chi connectivity index (χ1v) is 26.7. The van der Waals surface area contributed by atoms with Crippen LogP contribution in [0.25, 0.3) is 44.3 Å². The molecule has 7 aromatic rings. The zero-order valence-electron chi connectivity index (χ0n) is 39.1. The zero-order chi connectivity index (χ0) is 48.7. The molecule has 2 amide bonds. The van der Waals surface area contributed by atoms with E-state index in [0.29, 0.717) is 82.0 Å². The van der Waals surface area contributed by atoms with Crippen LogP contribution in [-0.2, 0) is 29.6 Å². The Balaban J connectivity index is 0.000000164. The Morgan fingerprint density at radius 3 is 1.67 bits per heavy atom. The minimum absolute atomic E-state index is 0.0178. The highest BCUT2D eigenvalue weighted by Crippen LogP contribution is 2.42. The van der Waals surface area contributed by atoms with Crippen LogP contribution < -0.4 is 10.2 Å². The number of hydrogen-bond acceptors (Lipinski definition) is 12. The molecule has 8 heterocycles. The molecule has 11 rings (SSSR count). The molecule has 0 spiro atoms. The van der Waals surface area contributed by atoms with Crippen LogP contribution in [0.2, 0.25) is 0 Å². The molecule has 3 aromatic carbocycles. The molecule has 18 nitrogen and oxygen atoms in total. The van der Waals surface area contributed by atoms with Crippen molar-refractivity contribution in [2.24, 2.45) is 0 Å². The third kappa shape index (κ3) is 8.63. The quantitative estimate of drug-likeness (QED) is 0.155. The van der Waals surface area contributed by atoms with Crippen LogP contribution in [-0.4, -0.2) is 105 Å². The number of sulfonamides is 2. The minimum Gasteiger partial charge on any atom is -0.361 e. The van der Waals surface area contributed by atoms with Gasteiger partial charge in [0.1, 0.15) is 29.0 Å². The van der Waals surface area contributed by atoms with E-state index in [0.717, 1.165) is 67.3 Å². The third-order valence-corrected chi connectivity index (χ3v) is 16.4. The predicted octanol–water partition coefficient (Wildman–Crippen LogP) is 6.99. The molecule has 0 radical (unpaired) electrons. The molecule has 0 aliphatic carbocycles. The van der Waals surface area contributed by atoms with Crippen LogP contribution in [0.4, 0.5) is 10.1 Å². The van der Waals surface area contributed by atoms with Gasteiger partial charge in [0.2, 0.25) is 31.9 Å². The largest absolute Gasteiger partial charge is 0.361 e. The van der Waals surface area contributed by atoms with Crippen molar-refractivity contribution in [2.75, 3.05) is 43.6 Å². The van der Waals surface area contributed by atoms with E-state index in [-0.39, 0.29) is 29.9 Å². The van der Waals surface area contributed by atoms with Gasteiger partial charge in [-0.25, -0.2) is 39.8 Å². The van der Waals surface area contributed by atoms with Crippen molar-refractivity contribution in [1.82, 2.24) is 43.3 Å². The molecule has 4 aliphatic heterocycles. The van der Waals surface area contributed by atoms with Gasteiger partial charge in [-0.1, -0.05) is 28.5 Å². The van der Waals surface area contributed by atoms with Gasteiger partial charge in [0, 0.05) is 55.8 Å². The summed E-state index contributed by atoms with van der Waals surface area (Å²) in [6, 6.07) is 17.3. The molecular formula is C48H53FN10O8S2. The molecule has 4 atom stereocenters. The highest BCUT2D eigenvalue weighted by Gasteiger charge is 2.40. The molecule has 4 saturated heterocycles.